The number of benzene rings is 1. The Labute approximate surface area is 150 Å². The highest BCUT2D eigenvalue weighted by atomic mass is 32.2. The summed E-state index contributed by atoms with van der Waals surface area (Å²) in [5.74, 6) is 1.19. The van der Waals surface area contributed by atoms with E-state index in [1.165, 1.54) is 18.2 Å². The van der Waals surface area contributed by atoms with Crippen molar-refractivity contribution in [2.24, 2.45) is 0 Å². The fourth-order valence-electron chi connectivity index (χ4n) is 2.05. The largest absolute Gasteiger partial charge is 0.468 e. The number of hydrogen-bond donors (Lipinski definition) is 1. The van der Waals surface area contributed by atoms with Gasteiger partial charge in [-0.15, -0.1) is 0 Å². The number of thioether (sulfide) groups is 1. The molecule has 0 aliphatic carbocycles. The molecule has 0 spiro atoms. The van der Waals surface area contributed by atoms with E-state index in [0.29, 0.717) is 18.1 Å². The molecule has 1 N–H and O–H groups in total. The third kappa shape index (κ3) is 6.43. The minimum atomic E-state index is -3.71. The summed E-state index contributed by atoms with van der Waals surface area (Å²) < 4.78 is 43.2. The molecule has 9 heteroatoms. The van der Waals surface area contributed by atoms with Crippen molar-refractivity contribution in [2.45, 2.75) is 5.75 Å². The van der Waals surface area contributed by atoms with Gasteiger partial charge >= 0.3 is 0 Å². The number of halogens is 1. The van der Waals surface area contributed by atoms with Gasteiger partial charge in [-0.3, -0.25) is 9.10 Å². The van der Waals surface area contributed by atoms with Crippen LogP contribution in [0.5, 0.6) is 0 Å². The van der Waals surface area contributed by atoms with Gasteiger partial charge in [-0.05, 0) is 30.3 Å². The smallest absolute Gasteiger partial charge is 0.240 e. The molecule has 0 unspecified atom stereocenters. The van der Waals surface area contributed by atoms with Crippen molar-refractivity contribution < 1.29 is 22.0 Å². The monoisotopic (exact) mass is 386 g/mol. The summed E-state index contributed by atoms with van der Waals surface area (Å²) in [7, 11) is -3.71. The average Bonchev–Trinajstić information content (AvgIpc) is 3.04. The molecule has 2 aromatic rings. The predicted octanol–water partition coefficient (Wildman–Crippen LogP) is 2.23. The van der Waals surface area contributed by atoms with Gasteiger partial charge in [-0.25, -0.2) is 12.8 Å². The van der Waals surface area contributed by atoms with Crippen molar-refractivity contribution in [3.05, 3.63) is 54.2 Å². The zero-order valence-electron chi connectivity index (χ0n) is 13.6. The number of carbonyl (C=O) groups is 1. The van der Waals surface area contributed by atoms with Crippen LogP contribution in [0.1, 0.15) is 5.76 Å². The number of sulfonamides is 1. The Bertz CT molecular complexity index is 794. The molecule has 0 atom stereocenters. The maximum Gasteiger partial charge on any atom is 0.240 e. The highest BCUT2D eigenvalue weighted by Crippen LogP contribution is 2.18. The molecule has 0 saturated heterocycles. The first kappa shape index (κ1) is 19.3. The van der Waals surface area contributed by atoms with Crippen molar-refractivity contribution in [3.8, 4) is 0 Å². The molecular weight excluding hydrogens is 367 g/mol. The predicted molar refractivity (Wildman–Crippen MR) is 96.5 cm³/mol. The van der Waals surface area contributed by atoms with Crippen LogP contribution in [0.25, 0.3) is 0 Å². The summed E-state index contributed by atoms with van der Waals surface area (Å²) in [4.78, 5) is 12.0. The van der Waals surface area contributed by atoms with Crippen LogP contribution in [-0.2, 0) is 20.6 Å². The Kier molecular flexibility index (Phi) is 6.89. The van der Waals surface area contributed by atoms with Gasteiger partial charge in [0.2, 0.25) is 15.9 Å². The molecule has 0 aliphatic heterocycles. The first-order chi connectivity index (χ1) is 11.9. The van der Waals surface area contributed by atoms with Crippen LogP contribution in [0.3, 0.4) is 0 Å². The van der Waals surface area contributed by atoms with Gasteiger partial charge in [-0.1, -0.05) is 6.07 Å². The minimum Gasteiger partial charge on any atom is -0.468 e. The summed E-state index contributed by atoms with van der Waals surface area (Å²) in [6, 6.07) is 8.80. The van der Waals surface area contributed by atoms with Gasteiger partial charge in [0.05, 0.1) is 24.0 Å². The number of nitrogens with one attached hydrogen (secondary N) is 1. The number of anilines is 1. The lowest BCUT2D eigenvalue weighted by molar-refractivity contribution is -0.119. The number of nitrogens with zero attached hydrogens (tertiary/aromatic N) is 1. The number of furan rings is 1. The molecule has 0 saturated carbocycles. The quantitative estimate of drug-likeness (QED) is 0.669. The Hall–Kier alpha value is -2.00. The molecule has 1 heterocycles. The number of hydrogen-bond acceptors (Lipinski definition) is 5. The van der Waals surface area contributed by atoms with Gasteiger partial charge in [0, 0.05) is 12.3 Å². The molecule has 1 aromatic carbocycles. The SMILES string of the molecule is CS(=O)(=O)N(CC(=O)NCCSCc1ccco1)c1cccc(F)c1. The number of rotatable bonds is 9. The highest BCUT2D eigenvalue weighted by molar-refractivity contribution is 7.98. The number of amides is 1. The van der Waals surface area contributed by atoms with Crippen molar-refractivity contribution >= 4 is 33.4 Å². The van der Waals surface area contributed by atoms with E-state index in [1.807, 2.05) is 12.1 Å². The summed E-state index contributed by atoms with van der Waals surface area (Å²) in [5, 5.41) is 2.66. The van der Waals surface area contributed by atoms with E-state index in [2.05, 4.69) is 5.32 Å². The topological polar surface area (TPSA) is 79.6 Å². The maximum atomic E-state index is 13.3. The van der Waals surface area contributed by atoms with Crippen molar-refractivity contribution in [1.82, 2.24) is 5.32 Å². The molecular formula is C16H19FN2O4S2. The second-order valence-electron chi connectivity index (χ2n) is 5.23. The molecule has 0 radical (unpaired) electrons. The van der Waals surface area contributed by atoms with E-state index in [4.69, 9.17) is 4.42 Å². The zero-order valence-corrected chi connectivity index (χ0v) is 15.3. The molecule has 136 valence electrons. The van der Waals surface area contributed by atoms with Crippen molar-refractivity contribution in [1.29, 1.82) is 0 Å². The van der Waals surface area contributed by atoms with Gasteiger partial charge in [0.15, 0.2) is 0 Å². The van der Waals surface area contributed by atoms with Gasteiger partial charge in [0.1, 0.15) is 18.1 Å². The van der Waals surface area contributed by atoms with Crippen LogP contribution in [0.4, 0.5) is 10.1 Å². The van der Waals surface area contributed by atoms with E-state index in [1.54, 1.807) is 18.0 Å². The fourth-order valence-corrected chi connectivity index (χ4v) is 3.65. The molecule has 1 amide bonds. The van der Waals surface area contributed by atoms with Gasteiger partial charge < -0.3 is 9.73 Å². The Morgan fingerprint density at radius 3 is 2.76 bits per heavy atom. The summed E-state index contributed by atoms with van der Waals surface area (Å²) >= 11 is 1.59. The molecule has 25 heavy (non-hydrogen) atoms. The molecule has 2 rings (SSSR count). The molecule has 1 aromatic heterocycles. The van der Waals surface area contributed by atoms with Crippen molar-refractivity contribution in [2.75, 3.05) is 29.4 Å². The van der Waals surface area contributed by atoms with E-state index in [-0.39, 0.29) is 5.69 Å². The third-order valence-corrected chi connectivity index (χ3v) is 5.30. The first-order valence-corrected chi connectivity index (χ1v) is 10.5. The zero-order chi connectivity index (χ0) is 18.3. The summed E-state index contributed by atoms with van der Waals surface area (Å²) in [6.45, 7) is -0.00387. The normalized spacial score (nSPS) is 11.3. The summed E-state index contributed by atoms with van der Waals surface area (Å²) in [6.07, 6.45) is 2.58. The Morgan fingerprint density at radius 1 is 1.32 bits per heavy atom. The fraction of sp³-hybridized carbons (Fsp3) is 0.312. The second kappa shape index (κ2) is 8.91. The van der Waals surface area contributed by atoms with Crippen LogP contribution in [0.2, 0.25) is 0 Å². The molecule has 0 aliphatic rings. The van der Waals surface area contributed by atoms with Crippen molar-refractivity contribution in [3.63, 3.8) is 0 Å². The summed E-state index contributed by atoms with van der Waals surface area (Å²) in [5.41, 5.74) is 0.116. The van der Waals surface area contributed by atoms with Crippen LogP contribution in [-0.4, -0.2) is 39.4 Å². The Balaban J connectivity index is 1.83. The average molecular weight is 386 g/mol. The van der Waals surface area contributed by atoms with Crippen LogP contribution in [0, 0.1) is 5.82 Å². The first-order valence-electron chi connectivity index (χ1n) is 7.46. The standard InChI is InChI=1S/C16H19FN2O4S2/c1-25(21,22)19(14-5-2-4-13(17)10-14)11-16(20)18-7-9-24-12-15-6-3-8-23-15/h2-6,8,10H,7,9,11-12H2,1H3,(H,18,20). The lowest BCUT2D eigenvalue weighted by atomic mass is 10.3. The molecule has 0 fully saturated rings. The van der Waals surface area contributed by atoms with Gasteiger partial charge in [0.25, 0.3) is 0 Å². The van der Waals surface area contributed by atoms with Gasteiger partial charge in [-0.2, -0.15) is 11.8 Å². The van der Waals surface area contributed by atoms with Crippen LogP contribution >= 0.6 is 11.8 Å². The Morgan fingerprint density at radius 2 is 2.12 bits per heavy atom. The second-order valence-corrected chi connectivity index (χ2v) is 8.24. The lowest BCUT2D eigenvalue weighted by Gasteiger charge is -2.21. The van der Waals surface area contributed by atoms with E-state index in [0.717, 1.165) is 22.4 Å². The van der Waals surface area contributed by atoms with Crippen LogP contribution < -0.4 is 9.62 Å². The van der Waals surface area contributed by atoms with E-state index in [9.17, 15) is 17.6 Å². The lowest BCUT2D eigenvalue weighted by Crippen LogP contribution is -2.41. The number of carbonyl (C=O) groups excluding carboxylic acids is 1. The van der Waals surface area contributed by atoms with E-state index < -0.39 is 28.3 Å². The molecule has 6 nitrogen and oxygen atoms in total. The molecule has 0 bridgehead atoms. The third-order valence-electron chi connectivity index (χ3n) is 3.18. The minimum absolute atomic E-state index is 0.116. The maximum absolute atomic E-state index is 13.3. The highest BCUT2D eigenvalue weighted by Gasteiger charge is 2.21. The van der Waals surface area contributed by atoms with E-state index >= 15 is 0 Å². The van der Waals surface area contributed by atoms with Crippen LogP contribution in [0.15, 0.2) is 47.1 Å².